The van der Waals surface area contributed by atoms with Crippen LogP contribution in [-0.4, -0.2) is 77.5 Å². The Balaban J connectivity index is 0.00000338. The summed E-state index contributed by atoms with van der Waals surface area (Å²) < 4.78 is 7.02. The number of ether oxygens (including phenoxy) is 1. The van der Waals surface area contributed by atoms with Crippen LogP contribution >= 0.6 is 24.0 Å². The van der Waals surface area contributed by atoms with Crippen LogP contribution in [0.2, 0.25) is 0 Å². The van der Waals surface area contributed by atoms with E-state index in [0.29, 0.717) is 19.7 Å². The van der Waals surface area contributed by atoms with Crippen molar-refractivity contribution in [3.05, 3.63) is 18.0 Å². The van der Waals surface area contributed by atoms with Gasteiger partial charge in [-0.15, -0.1) is 24.0 Å². The quantitative estimate of drug-likeness (QED) is 0.293. The number of halogens is 1. The summed E-state index contributed by atoms with van der Waals surface area (Å²) in [7, 11) is 0. The number of carbonyl (C=O) groups excluding carboxylic acids is 1. The Labute approximate surface area is 173 Å². The molecule has 8 nitrogen and oxygen atoms in total. The Morgan fingerprint density at radius 3 is 2.54 bits per heavy atom. The average molecular weight is 478 g/mol. The number of aryl methyl sites for hydroxylation is 2. The van der Waals surface area contributed by atoms with Gasteiger partial charge in [-0.1, -0.05) is 0 Å². The van der Waals surface area contributed by atoms with E-state index in [4.69, 9.17) is 9.73 Å². The highest BCUT2D eigenvalue weighted by molar-refractivity contribution is 14.0. The summed E-state index contributed by atoms with van der Waals surface area (Å²) >= 11 is 0. The highest BCUT2D eigenvalue weighted by Crippen LogP contribution is 2.05. The van der Waals surface area contributed by atoms with Gasteiger partial charge in [-0.2, -0.15) is 5.10 Å². The van der Waals surface area contributed by atoms with E-state index in [9.17, 15) is 4.79 Å². The molecule has 148 valence electrons. The maximum absolute atomic E-state index is 11.8. The zero-order chi connectivity index (χ0) is 18.1. The van der Waals surface area contributed by atoms with E-state index >= 15 is 0 Å². The molecule has 0 aliphatic carbocycles. The van der Waals surface area contributed by atoms with Crippen LogP contribution in [0, 0.1) is 6.92 Å². The average Bonchev–Trinajstić information content (AvgIpc) is 3.03. The third-order valence-corrected chi connectivity index (χ3v) is 4.01. The minimum atomic E-state index is -0.224. The van der Waals surface area contributed by atoms with Crippen LogP contribution < -0.4 is 5.32 Å². The molecule has 1 aliphatic rings. The van der Waals surface area contributed by atoms with Crippen LogP contribution in [0.5, 0.6) is 0 Å². The van der Waals surface area contributed by atoms with Gasteiger partial charge in [0.2, 0.25) is 0 Å². The summed E-state index contributed by atoms with van der Waals surface area (Å²) in [5, 5.41) is 7.63. The molecule has 0 spiro atoms. The number of carbonyl (C=O) groups is 1. The van der Waals surface area contributed by atoms with E-state index in [1.54, 1.807) is 4.90 Å². The van der Waals surface area contributed by atoms with Crippen molar-refractivity contribution in [2.24, 2.45) is 4.99 Å². The molecule has 0 saturated carbocycles. The number of hydrogen-bond acceptors (Lipinski definition) is 4. The molecule has 2 heterocycles. The maximum Gasteiger partial charge on any atom is 0.409 e. The first-order chi connectivity index (χ1) is 12.1. The van der Waals surface area contributed by atoms with Crippen LogP contribution in [0.3, 0.4) is 0 Å². The zero-order valence-electron chi connectivity index (χ0n) is 16.0. The van der Waals surface area contributed by atoms with Gasteiger partial charge in [0.15, 0.2) is 5.96 Å². The standard InChI is InChI=1S/C17H30N6O2.HI/c1-4-18-16(19-7-6-8-23-14-15(3)13-20-23)21-9-11-22(12-10-21)17(24)25-5-2;/h13-14H,4-12H2,1-3H3,(H,18,19);1H. The monoisotopic (exact) mass is 478 g/mol. The first-order valence-corrected chi connectivity index (χ1v) is 9.08. The van der Waals surface area contributed by atoms with Crippen molar-refractivity contribution >= 4 is 36.0 Å². The van der Waals surface area contributed by atoms with Gasteiger partial charge in [-0.05, 0) is 32.8 Å². The lowest BCUT2D eigenvalue weighted by atomic mass is 10.3. The number of nitrogens with one attached hydrogen (secondary N) is 1. The van der Waals surface area contributed by atoms with Gasteiger partial charge in [0.05, 0.1) is 12.8 Å². The van der Waals surface area contributed by atoms with Crippen molar-refractivity contribution in [3.63, 3.8) is 0 Å². The number of guanidine groups is 1. The Bertz CT molecular complexity index is 569. The Morgan fingerprint density at radius 2 is 1.96 bits per heavy atom. The third-order valence-electron chi connectivity index (χ3n) is 4.01. The smallest absolute Gasteiger partial charge is 0.409 e. The van der Waals surface area contributed by atoms with Gasteiger partial charge in [0.25, 0.3) is 0 Å². The number of aromatic nitrogens is 2. The van der Waals surface area contributed by atoms with Gasteiger partial charge < -0.3 is 19.9 Å². The molecule has 1 aromatic heterocycles. The molecule has 0 radical (unpaired) electrons. The normalized spacial score (nSPS) is 14.8. The van der Waals surface area contributed by atoms with E-state index < -0.39 is 0 Å². The SMILES string of the molecule is CCNC(=NCCCn1cc(C)cn1)N1CCN(C(=O)OCC)CC1.I. The summed E-state index contributed by atoms with van der Waals surface area (Å²) in [6, 6.07) is 0. The van der Waals surface area contributed by atoms with Crippen LogP contribution in [-0.2, 0) is 11.3 Å². The van der Waals surface area contributed by atoms with E-state index in [2.05, 4.69) is 22.2 Å². The fraction of sp³-hybridized carbons (Fsp3) is 0.706. The van der Waals surface area contributed by atoms with E-state index in [-0.39, 0.29) is 30.1 Å². The van der Waals surface area contributed by atoms with Gasteiger partial charge in [0, 0.05) is 52.0 Å². The first-order valence-electron chi connectivity index (χ1n) is 9.08. The van der Waals surface area contributed by atoms with Crippen molar-refractivity contribution in [1.82, 2.24) is 24.9 Å². The molecule has 1 saturated heterocycles. The van der Waals surface area contributed by atoms with Gasteiger partial charge in [-0.25, -0.2) is 4.79 Å². The number of nitrogens with zero attached hydrogens (tertiary/aromatic N) is 5. The summed E-state index contributed by atoms with van der Waals surface area (Å²) in [4.78, 5) is 20.5. The van der Waals surface area contributed by atoms with E-state index in [1.807, 2.05) is 30.9 Å². The maximum atomic E-state index is 11.8. The van der Waals surface area contributed by atoms with E-state index in [1.165, 1.54) is 5.56 Å². The van der Waals surface area contributed by atoms with Gasteiger partial charge in [-0.3, -0.25) is 9.67 Å². The summed E-state index contributed by atoms with van der Waals surface area (Å²) in [6.45, 7) is 11.7. The minimum absolute atomic E-state index is 0. The molecule has 0 unspecified atom stereocenters. The lowest BCUT2D eigenvalue weighted by molar-refractivity contribution is 0.0914. The van der Waals surface area contributed by atoms with Gasteiger partial charge >= 0.3 is 6.09 Å². The highest BCUT2D eigenvalue weighted by atomic mass is 127. The summed E-state index contributed by atoms with van der Waals surface area (Å²) in [5.41, 5.74) is 1.18. The topological polar surface area (TPSA) is 75.0 Å². The molecule has 26 heavy (non-hydrogen) atoms. The fourth-order valence-corrected chi connectivity index (χ4v) is 2.75. The molecule has 2 rings (SSSR count). The zero-order valence-corrected chi connectivity index (χ0v) is 18.3. The Kier molecular flexibility index (Phi) is 10.4. The molecule has 1 amide bonds. The molecule has 1 fully saturated rings. The second-order valence-corrected chi connectivity index (χ2v) is 6.04. The third kappa shape index (κ3) is 7.00. The number of piperazine rings is 1. The highest BCUT2D eigenvalue weighted by Gasteiger charge is 2.23. The number of amides is 1. The lowest BCUT2D eigenvalue weighted by Gasteiger charge is -2.35. The van der Waals surface area contributed by atoms with Crippen LogP contribution in [0.4, 0.5) is 4.79 Å². The number of aliphatic imine (C=N–C) groups is 1. The Morgan fingerprint density at radius 1 is 1.27 bits per heavy atom. The Hall–Kier alpha value is -1.52. The first kappa shape index (κ1) is 22.5. The molecule has 9 heteroatoms. The van der Waals surface area contributed by atoms with Crippen molar-refractivity contribution in [2.75, 3.05) is 45.9 Å². The lowest BCUT2D eigenvalue weighted by Crippen LogP contribution is -2.53. The molecule has 1 aromatic rings. The summed E-state index contributed by atoms with van der Waals surface area (Å²) in [6.07, 6.45) is 4.64. The second-order valence-electron chi connectivity index (χ2n) is 6.04. The fourth-order valence-electron chi connectivity index (χ4n) is 2.75. The molecular weight excluding hydrogens is 447 g/mol. The molecule has 1 aliphatic heterocycles. The second kappa shape index (κ2) is 12.0. The molecule has 0 atom stereocenters. The van der Waals surface area contributed by atoms with E-state index in [0.717, 1.165) is 45.1 Å². The van der Waals surface area contributed by atoms with Crippen molar-refractivity contribution in [1.29, 1.82) is 0 Å². The van der Waals surface area contributed by atoms with Crippen LogP contribution in [0.15, 0.2) is 17.4 Å². The molecule has 1 N–H and O–H groups in total. The van der Waals surface area contributed by atoms with Gasteiger partial charge in [0.1, 0.15) is 0 Å². The largest absolute Gasteiger partial charge is 0.450 e. The predicted octanol–water partition coefficient (Wildman–Crippen LogP) is 1.94. The van der Waals surface area contributed by atoms with Crippen molar-refractivity contribution in [2.45, 2.75) is 33.7 Å². The minimum Gasteiger partial charge on any atom is -0.450 e. The van der Waals surface area contributed by atoms with Crippen molar-refractivity contribution < 1.29 is 9.53 Å². The van der Waals surface area contributed by atoms with Crippen molar-refractivity contribution in [3.8, 4) is 0 Å². The molecule has 0 bridgehead atoms. The van der Waals surface area contributed by atoms with Crippen LogP contribution in [0.1, 0.15) is 25.8 Å². The van der Waals surface area contributed by atoms with Crippen LogP contribution in [0.25, 0.3) is 0 Å². The predicted molar refractivity (Wildman–Crippen MR) is 113 cm³/mol. The molecule has 0 aromatic carbocycles. The number of rotatable bonds is 6. The number of hydrogen-bond donors (Lipinski definition) is 1. The summed E-state index contributed by atoms with van der Waals surface area (Å²) in [5.74, 6) is 0.919. The molecular formula is C17H31IN6O2.